The number of aliphatic hydroxyl groups excluding tert-OH is 1. The molecule has 1 atom stereocenters. The molecule has 0 saturated heterocycles. The molecule has 1 aromatic heterocycles. The molecule has 6 nitrogen and oxygen atoms in total. The van der Waals surface area contributed by atoms with Gasteiger partial charge in [-0.25, -0.2) is 13.1 Å². The molecular formula is C14H25N3O3S. The Morgan fingerprint density at radius 2 is 2.00 bits per heavy atom. The van der Waals surface area contributed by atoms with Gasteiger partial charge in [0.05, 0.1) is 24.5 Å². The zero-order valence-corrected chi connectivity index (χ0v) is 13.8. The summed E-state index contributed by atoms with van der Waals surface area (Å²) in [4.78, 5) is 0.251. The van der Waals surface area contributed by atoms with Crippen molar-refractivity contribution in [2.45, 2.75) is 63.9 Å². The minimum Gasteiger partial charge on any atom is -0.394 e. The van der Waals surface area contributed by atoms with Crippen LogP contribution in [0.4, 0.5) is 0 Å². The molecule has 0 bridgehead atoms. The van der Waals surface area contributed by atoms with E-state index in [-0.39, 0.29) is 17.5 Å². The summed E-state index contributed by atoms with van der Waals surface area (Å²) in [6, 6.07) is -0.0579. The van der Waals surface area contributed by atoms with E-state index in [1.807, 2.05) is 6.92 Å². The largest absolute Gasteiger partial charge is 0.394 e. The van der Waals surface area contributed by atoms with Gasteiger partial charge in [-0.3, -0.25) is 4.68 Å². The molecule has 1 aliphatic rings. The van der Waals surface area contributed by atoms with Gasteiger partial charge in [-0.1, -0.05) is 12.8 Å². The molecule has 0 amide bonds. The van der Waals surface area contributed by atoms with E-state index in [0.717, 1.165) is 12.8 Å². The standard InChI is InChI=1S/C14H25N3O3S/c1-10(13-6-4-5-7-13)16-21(19,20)14-11(2)15-17(8-9-18)12(14)3/h10,13,16,18H,4-9H2,1-3H3. The smallest absolute Gasteiger partial charge is 0.244 e. The molecule has 1 fully saturated rings. The van der Waals surface area contributed by atoms with Crippen molar-refractivity contribution in [3.63, 3.8) is 0 Å². The fourth-order valence-corrected chi connectivity index (χ4v) is 4.96. The zero-order chi connectivity index (χ0) is 15.6. The Kier molecular flexibility index (Phi) is 5.06. The summed E-state index contributed by atoms with van der Waals surface area (Å²) in [6.45, 7) is 5.60. The summed E-state index contributed by atoms with van der Waals surface area (Å²) in [5, 5.41) is 13.2. The SMILES string of the molecule is Cc1nn(CCO)c(C)c1S(=O)(=O)NC(C)C1CCCC1. The Bertz CT molecular complexity index is 589. The highest BCUT2D eigenvalue weighted by Crippen LogP contribution is 2.29. The average molecular weight is 315 g/mol. The maximum atomic E-state index is 12.6. The fourth-order valence-electron chi connectivity index (χ4n) is 3.24. The summed E-state index contributed by atoms with van der Waals surface area (Å²) in [5.74, 6) is 0.424. The Morgan fingerprint density at radius 1 is 1.38 bits per heavy atom. The monoisotopic (exact) mass is 315 g/mol. The molecule has 0 spiro atoms. The molecule has 2 N–H and O–H groups in total. The highest BCUT2D eigenvalue weighted by molar-refractivity contribution is 7.89. The van der Waals surface area contributed by atoms with Crippen molar-refractivity contribution in [1.82, 2.24) is 14.5 Å². The van der Waals surface area contributed by atoms with Gasteiger partial charge in [-0.15, -0.1) is 0 Å². The van der Waals surface area contributed by atoms with Crippen molar-refractivity contribution in [3.05, 3.63) is 11.4 Å². The summed E-state index contributed by atoms with van der Waals surface area (Å²) >= 11 is 0. The molecule has 21 heavy (non-hydrogen) atoms. The van der Waals surface area contributed by atoms with Crippen molar-refractivity contribution < 1.29 is 13.5 Å². The summed E-state index contributed by atoms with van der Waals surface area (Å²) in [7, 11) is -3.57. The lowest BCUT2D eigenvalue weighted by Crippen LogP contribution is -2.37. The third kappa shape index (κ3) is 3.46. The van der Waals surface area contributed by atoms with E-state index in [4.69, 9.17) is 5.11 Å². The van der Waals surface area contributed by atoms with E-state index in [2.05, 4.69) is 9.82 Å². The van der Waals surface area contributed by atoms with Crippen LogP contribution in [-0.2, 0) is 16.6 Å². The molecule has 1 unspecified atom stereocenters. The number of aryl methyl sites for hydroxylation is 1. The lowest BCUT2D eigenvalue weighted by atomic mass is 10.0. The van der Waals surface area contributed by atoms with Crippen molar-refractivity contribution >= 4 is 10.0 Å². The van der Waals surface area contributed by atoms with E-state index in [9.17, 15) is 8.42 Å². The normalized spacial score (nSPS) is 18.3. The van der Waals surface area contributed by atoms with Gasteiger partial charge < -0.3 is 5.11 Å². The Morgan fingerprint density at radius 3 is 2.57 bits per heavy atom. The molecule has 7 heteroatoms. The predicted octanol–water partition coefficient (Wildman–Crippen LogP) is 1.35. The van der Waals surface area contributed by atoms with Gasteiger partial charge in [0.2, 0.25) is 10.0 Å². The van der Waals surface area contributed by atoms with Crippen LogP contribution in [0.15, 0.2) is 4.90 Å². The van der Waals surface area contributed by atoms with Gasteiger partial charge in [0.15, 0.2) is 0 Å². The topological polar surface area (TPSA) is 84.2 Å². The minimum absolute atomic E-state index is 0.0579. The summed E-state index contributed by atoms with van der Waals surface area (Å²) < 4.78 is 29.6. The van der Waals surface area contributed by atoms with Crippen molar-refractivity contribution in [2.75, 3.05) is 6.61 Å². The number of nitrogens with zero attached hydrogens (tertiary/aromatic N) is 2. The van der Waals surface area contributed by atoms with Gasteiger partial charge in [-0.05, 0) is 39.5 Å². The maximum absolute atomic E-state index is 12.6. The van der Waals surface area contributed by atoms with Crippen LogP contribution in [-0.4, -0.2) is 36.0 Å². The van der Waals surface area contributed by atoms with Gasteiger partial charge in [0, 0.05) is 6.04 Å². The molecule has 0 aliphatic heterocycles. The number of hydrogen-bond acceptors (Lipinski definition) is 4. The third-order valence-corrected chi connectivity index (χ3v) is 6.15. The maximum Gasteiger partial charge on any atom is 0.244 e. The Labute approximate surface area is 126 Å². The molecule has 1 saturated carbocycles. The van der Waals surface area contributed by atoms with Crippen LogP contribution in [0.25, 0.3) is 0 Å². The molecule has 1 aromatic rings. The number of aliphatic hydroxyl groups is 1. The fraction of sp³-hybridized carbons (Fsp3) is 0.786. The Hall–Kier alpha value is -0.920. The van der Waals surface area contributed by atoms with Gasteiger partial charge in [0.1, 0.15) is 4.90 Å². The predicted molar refractivity (Wildman–Crippen MR) is 80.5 cm³/mol. The van der Waals surface area contributed by atoms with Crippen LogP contribution in [0.3, 0.4) is 0 Å². The van der Waals surface area contributed by atoms with Gasteiger partial charge in [-0.2, -0.15) is 5.10 Å². The Balaban J connectivity index is 2.22. The third-order valence-electron chi connectivity index (χ3n) is 4.34. The quantitative estimate of drug-likeness (QED) is 0.830. The first-order chi connectivity index (χ1) is 9.86. The first-order valence-corrected chi connectivity index (χ1v) is 9.02. The van der Waals surface area contributed by atoms with E-state index in [1.54, 1.807) is 18.5 Å². The van der Waals surface area contributed by atoms with Crippen LogP contribution in [0, 0.1) is 19.8 Å². The zero-order valence-electron chi connectivity index (χ0n) is 13.0. The molecule has 2 rings (SSSR count). The van der Waals surface area contributed by atoms with Gasteiger partial charge >= 0.3 is 0 Å². The molecule has 0 aromatic carbocycles. The second kappa shape index (κ2) is 6.46. The number of sulfonamides is 1. The number of nitrogens with one attached hydrogen (secondary N) is 1. The lowest BCUT2D eigenvalue weighted by Gasteiger charge is -2.20. The van der Waals surface area contributed by atoms with E-state index < -0.39 is 10.0 Å². The number of aromatic nitrogens is 2. The highest BCUT2D eigenvalue weighted by atomic mass is 32.2. The first kappa shape index (κ1) is 16.5. The highest BCUT2D eigenvalue weighted by Gasteiger charge is 2.29. The molecule has 1 aliphatic carbocycles. The van der Waals surface area contributed by atoms with Crippen LogP contribution in [0.2, 0.25) is 0 Å². The van der Waals surface area contributed by atoms with Crippen LogP contribution >= 0.6 is 0 Å². The van der Waals surface area contributed by atoms with Crippen LogP contribution in [0.1, 0.15) is 44.0 Å². The lowest BCUT2D eigenvalue weighted by molar-refractivity contribution is 0.267. The second-order valence-corrected chi connectivity index (χ2v) is 7.55. The number of rotatable bonds is 6. The first-order valence-electron chi connectivity index (χ1n) is 7.54. The average Bonchev–Trinajstić information content (AvgIpc) is 2.98. The van der Waals surface area contributed by atoms with Crippen molar-refractivity contribution in [1.29, 1.82) is 0 Å². The molecule has 0 radical (unpaired) electrons. The van der Waals surface area contributed by atoms with Crippen LogP contribution < -0.4 is 4.72 Å². The van der Waals surface area contributed by atoms with E-state index in [1.165, 1.54) is 12.8 Å². The summed E-state index contributed by atoms with van der Waals surface area (Å²) in [6.07, 6.45) is 4.54. The van der Waals surface area contributed by atoms with Crippen molar-refractivity contribution in [2.24, 2.45) is 5.92 Å². The minimum atomic E-state index is -3.57. The number of hydrogen-bond donors (Lipinski definition) is 2. The van der Waals surface area contributed by atoms with Crippen LogP contribution in [0.5, 0.6) is 0 Å². The van der Waals surface area contributed by atoms with Gasteiger partial charge in [0.25, 0.3) is 0 Å². The van der Waals surface area contributed by atoms with Crippen molar-refractivity contribution in [3.8, 4) is 0 Å². The van der Waals surface area contributed by atoms with E-state index >= 15 is 0 Å². The summed E-state index contributed by atoms with van der Waals surface area (Å²) in [5.41, 5.74) is 1.06. The van der Waals surface area contributed by atoms with E-state index in [0.29, 0.717) is 23.9 Å². The molecule has 120 valence electrons. The second-order valence-electron chi connectivity index (χ2n) is 5.90. The molecule has 1 heterocycles. The molecular weight excluding hydrogens is 290 g/mol.